The largest absolute Gasteiger partial charge is 0.497 e. The van der Waals surface area contributed by atoms with Crippen molar-refractivity contribution in [3.8, 4) is 5.75 Å². The molecule has 1 N–H and O–H groups in total. The molecule has 0 unspecified atom stereocenters. The van der Waals surface area contributed by atoms with Crippen molar-refractivity contribution in [3.63, 3.8) is 0 Å². The fraction of sp³-hybridized carbons (Fsp3) is 0.526. The molecular weight excluding hydrogens is 316 g/mol. The van der Waals surface area contributed by atoms with Crippen LogP contribution < -0.4 is 4.74 Å². The molecule has 1 atom stereocenters. The van der Waals surface area contributed by atoms with Gasteiger partial charge in [-0.15, -0.1) is 0 Å². The molecule has 2 aliphatic rings. The standard InChI is InChI=1S/C19H26N4O2/c1-13-16-10-15(25-3)4-5-17(16)20-18(13)19(24)23-9-8-22-7-6-21(2)11-14(22)12-23/h4-5,10,14,20H,6-9,11-12H2,1-3H3/t14-/m0/s1. The number of aromatic amines is 1. The van der Waals surface area contributed by atoms with Gasteiger partial charge < -0.3 is 19.5 Å². The highest BCUT2D eigenvalue weighted by molar-refractivity contribution is 6.01. The van der Waals surface area contributed by atoms with Crippen LogP contribution in [0, 0.1) is 6.92 Å². The van der Waals surface area contributed by atoms with Crippen LogP contribution in [0.15, 0.2) is 18.2 Å². The van der Waals surface area contributed by atoms with E-state index in [0.717, 1.165) is 61.5 Å². The summed E-state index contributed by atoms with van der Waals surface area (Å²) in [6.07, 6.45) is 0. The van der Waals surface area contributed by atoms with E-state index in [0.29, 0.717) is 11.7 Å². The van der Waals surface area contributed by atoms with E-state index >= 15 is 0 Å². The second-order valence-electron chi connectivity index (χ2n) is 7.24. The van der Waals surface area contributed by atoms with Crippen molar-refractivity contribution in [1.29, 1.82) is 0 Å². The Kier molecular flexibility index (Phi) is 4.17. The number of hydrogen-bond donors (Lipinski definition) is 1. The summed E-state index contributed by atoms with van der Waals surface area (Å²) in [4.78, 5) is 23.3. The van der Waals surface area contributed by atoms with Crippen molar-refractivity contribution < 1.29 is 9.53 Å². The molecule has 0 saturated carbocycles. The smallest absolute Gasteiger partial charge is 0.270 e. The molecule has 0 bridgehead atoms. The number of aryl methyl sites for hydroxylation is 1. The number of benzene rings is 1. The Morgan fingerprint density at radius 3 is 2.80 bits per heavy atom. The van der Waals surface area contributed by atoms with Crippen LogP contribution >= 0.6 is 0 Å². The van der Waals surface area contributed by atoms with Crippen LogP contribution in [-0.2, 0) is 0 Å². The maximum Gasteiger partial charge on any atom is 0.270 e. The van der Waals surface area contributed by atoms with Gasteiger partial charge in [0.15, 0.2) is 0 Å². The van der Waals surface area contributed by atoms with E-state index in [2.05, 4.69) is 21.8 Å². The van der Waals surface area contributed by atoms with E-state index in [4.69, 9.17) is 4.74 Å². The summed E-state index contributed by atoms with van der Waals surface area (Å²) in [6.45, 7) is 7.85. The lowest BCUT2D eigenvalue weighted by molar-refractivity contribution is 0.0187. The number of nitrogens with one attached hydrogen (secondary N) is 1. The molecule has 2 saturated heterocycles. The summed E-state index contributed by atoms with van der Waals surface area (Å²) in [5.74, 6) is 0.924. The molecule has 2 fully saturated rings. The van der Waals surface area contributed by atoms with Crippen LogP contribution in [0.4, 0.5) is 0 Å². The van der Waals surface area contributed by atoms with Crippen molar-refractivity contribution in [2.24, 2.45) is 0 Å². The minimum Gasteiger partial charge on any atom is -0.497 e. The maximum absolute atomic E-state index is 13.1. The number of likely N-dealkylation sites (N-methyl/N-ethyl adjacent to an activating group) is 1. The molecule has 3 heterocycles. The summed E-state index contributed by atoms with van der Waals surface area (Å²) >= 11 is 0. The number of nitrogens with zero attached hydrogens (tertiary/aromatic N) is 3. The van der Waals surface area contributed by atoms with Crippen LogP contribution in [0.1, 0.15) is 16.1 Å². The fourth-order valence-corrected chi connectivity index (χ4v) is 4.10. The van der Waals surface area contributed by atoms with Gasteiger partial charge in [-0.1, -0.05) is 0 Å². The van der Waals surface area contributed by atoms with Gasteiger partial charge in [0.2, 0.25) is 0 Å². The first-order valence-corrected chi connectivity index (χ1v) is 8.95. The molecule has 2 aromatic rings. The van der Waals surface area contributed by atoms with Crippen molar-refractivity contribution in [3.05, 3.63) is 29.5 Å². The first kappa shape index (κ1) is 16.4. The number of amides is 1. The maximum atomic E-state index is 13.1. The zero-order chi connectivity index (χ0) is 17.6. The van der Waals surface area contributed by atoms with E-state index in [9.17, 15) is 4.79 Å². The number of hydrogen-bond acceptors (Lipinski definition) is 4. The quantitative estimate of drug-likeness (QED) is 0.900. The van der Waals surface area contributed by atoms with Gasteiger partial charge in [-0.05, 0) is 37.7 Å². The molecule has 1 aromatic heterocycles. The predicted octanol–water partition coefficient (Wildman–Crippen LogP) is 1.56. The number of methoxy groups -OCH3 is 1. The lowest BCUT2D eigenvalue weighted by Crippen LogP contribution is -2.62. The number of rotatable bonds is 2. The number of piperazine rings is 2. The van der Waals surface area contributed by atoms with Gasteiger partial charge >= 0.3 is 0 Å². The van der Waals surface area contributed by atoms with Gasteiger partial charge in [-0.2, -0.15) is 0 Å². The molecule has 134 valence electrons. The molecule has 2 aliphatic heterocycles. The zero-order valence-corrected chi connectivity index (χ0v) is 15.2. The highest BCUT2D eigenvalue weighted by Gasteiger charge is 2.33. The normalized spacial score (nSPS) is 22.2. The number of carbonyl (C=O) groups excluding carboxylic acids is 1. The molecule has 25 heavy (non-hydrogen) atoms. The highest BCUT2D eigenvalue weighted by atomic mass is 16.5. The summed E-state index contributed by atoms with van der Waals surface area (Å²) in [5.41, 5.74) is 2.70. The molecule has 4 rings (SSSR count). The molecule has 0 spiro atoms. The van der Waals surface area contributed by atoms with Gasteiger partial charge in [0.05, 0.1) is 7.11 Å². The second-order valence-corrected chi connectivity index (χ2v) is 7.24. The fourth-order valence-electron chi connectivity index (χ4n) is 4.10. The summed E-state index contributed by atoms with van der Waals surface area (Å²) in [6, 6.07) is 6.34. The average Bonchev–Trinajstić information content (AvgIpc) is 2.96. The Bertz CT molecular complexity index is 800. The van der Waals surface area contributed by atoms with Crippen molar-refractivity contribution in [2.45, 2.75) is 13.0 Å². The average molecular weight is 342 g/mol. The number of H-pyrrole nitrogens is 1. The van der Waals surface area contributed by atoms with Crippen LogP contribution in [0.25, 0.3) is 10.9 Å². The van der Waals surface area contributed by atoms with E-state index in [1.165, 1.54) is 0 Å². The predicted molar refractivity (Wildman–Crippen MR) is 98.3 cm³/mol. The van der Waals surface area contributed by atoms with E-state index in [-0.39, 0.29) is 5.91 Å². The monoisotopic (exact) mass is 342 g/mol. The number of aromatic nitrogens is 1. The topological polar surface area (TPSA) is 51.8 Å². The van der Waals surface area contributed by atoms with Crippen molar-refractivity contribution in [2.75, 3.05) is 53.4 Å². The lowest BCUT2D eigenvalue weighted by Gasteiger charge is -2.46. The Morgan fingerprint density at radius 2 is 2.00 bits per heavy atom. The lowest BCUT2D eigenvalue weighted by atomic mass is 10.1. The van der Waals surface area contributed by atoms with Crippen molar-refractivity contribution in [1.82, 2.24) is 19.7 Å². The third-order valence-electron chi connectivity index (χ3n) is 5.66. The number of carbonyl (C=O) groups is 1. The van der Waals surface area contributed by atoms with E-state index in [1.807, 2.05) is 30.0 Å². The first-order chi connectivity index (χ1) is 12.1. The molecule has 6 nitrogen and oxygen atoms in total. The Labute approximate surface area is 148 Å². The Balaban J connectivity index is 1.58. The summed E-state index contributed by atoms with van der Waals surface area (Å²) < 4.78 is 5.31. The summed E-state index contributed by atoms with van der Waals surface area (Å²) in [7, 11) is 3.82. The Morgan fingerprint density at radius 1 is 1.20 bits per heavy atom. The minimum atomic E-state index is 0.112. The van der Waals surface area contributed by atoms with Crippen LogP contribution in [-0.4, -0.2) is 85.1 Å². The van der Waals surface area contributed by atoms with Crippen LogP contribution in [0.3, 0.4) is 0 Å². The molecular formula is C19H26N4O2. The van der Waals surface area contributed by atoms with Gasteiger partial charge in [-0.25, -0.2) is 0 Å². The summed E-state index contributed by atoms with van der Waals surface area (Å²) in [5, 5.41) is 1.05. The zero-order valence-electron chi connectivity index (χ0n) is 15.2. The third-order valence-corrected chi connectivity index (χ3v) is 5.66. The molecule has 1 amide bonds. The SMILES string of the molecule is COc1ccc2[nH]c(C(=O)N3CCN4CCN(C)C[C@H]4C3)c(C)c2c1. The molecule has 0 radical (unpaired) electrons. The third kappa shape index (κ3) is 2.89. The second kappa shape index (κ2) is 6.35. The number of fused-ring (bicyclic) bond motifs is 2. The molecule has 6 heteroatoms. The van der Waals surface area contributed by atoms with Gasteiger partial charge in [0, 0.05) is 56.2 Å². The molecule has 0 aliphatic carbocycles. The molecule has 1 aromatic carbocycles. The van der Waals surface area contributed by atoms with Gasteiger partial charge in [0.1, 0.15) is 11.4 Å². The van der Waals surface area contributed by atoms with E-state index in [1.54, 1.807) is 7.11 Å². The van der Waals surface area contributed by atoms with Crippen molar-refractivity contribution >= 4 is 16.8 Å². The van der Waals surface area contributed by atoms with Crippen LogP contribution in [0.2, 0.25) is 0 Å². The van der Waals surface area contributed by atoms with Gasteiger partial charge in [-0.3, -0.25) is 9.69 Å². The van der Waals surface area contributed by atoms with Crippen LogP contribution in [0.5, 0.6) is 5.75 Å². The Hall–Kier alpha value is -2.05. The number of ether oxygens (including phenoxy) is 1. The minimum absolute atomic E-state index is 0.112. The van der Waals surface area contributed by atoms with E-state index < -0.39 is 0 Å². The first-order valence-electron chi connectivity index (χ1n) is 8.95. The highest BCUT2D eigenvalue weighted by Crippen LogP contribution is 2.27. The van der Waals surface area contributed by atoms with Gasteiger partial charge in [0.25, 0.3) is 5.91 Å².